The molecule has 0 bridgehead atoms. The van der Waals surface area contributed by atoms with Gasteiger partial charge in [-0.25, -0.2) is 9.92 Å². The number of hydrogen-bond donors (Lipinski definition) is 4. The number of nitrogens with one attached hydrogen (secondary N) is 2. The molecule has 1 aliphatic heterocycles. The predicted octanol–water partition coefficient (Wildman–Crippen LogP) is 3.21. The monoisotopic (exact) mass is 401 g/mol. The lowest BCUT2D eigenvalue weighted by atomic mass is 9.98. The number of piperazine rings is 1. The molecule has 1 aromatic carbocycles. The maximum atomic E-state index is 14.9. The lowest BCUT2D eigenvalue weighted by Gasteiger charge is -2.42. The highest BCUT2D eigenvalue weighted by Crippen LogP contribution is 2.30. The van der Waals surface area contributed by atoms with Crippen LogP contribution in [0.2, 0.25) is 0 Å². The van der Waals surface area contributed by atoms with Crippen molar-refractivity contribution in [1.82, 2.24) is 4.90 Å². The minimum absolute atomic E-state index is 0.0904. The first kappa shape index (κ1) is 22.5. The van der Waals surface area contributed by atoms with Crippen LogP contribution in [0, 0.1) is 22.7 Å². The molecule has 1 atom stereocenters. The quantitative estimate of drug-likeness (QED) is 0.243. The molecule has 2 rings (SSSR count). The SMILES string of the molecule is CC(C)Cc1cc(F)c(C(=N)N=N)c(N2CCN(C/C(N)=C/C=C\N)CC2C)c1. The molecule has 0 aliphatic carbocycles. The first-order valence-corrected chi connectivity index (χ1v) is 9.87. The molecule has 0 saturated carbocycles. The summed E-state index contributed by atoms with van der Waals surface area (Å²) in [5, 5.41) is 11.2. The number of benzene rings is 1. The van der Waals surface area contributed by atoms with Crippen molar-refractivity contribution in [3.05, 3.63) is 53.1 Å². The number of allylic oxidation sites excluding steroid dienone is 2. The Morgan fingerprint density at radius 2 is 2.10 bits per heavy atom. The average molecular weight is 402 g/mol. The van der Waals surface area contributed by atoms with E-state index in [9.17, 15) is 4.39 Å². The van der Waals surface area contributed by atoms with Crippen molar-refractivity contribution >= 4 is 11.5 Å². The number of hydrogen-bond acceptors (Lipinski definition) is 6. The van der Waals surface area contributed by atoms with Crippen molar-refractivity contribution in [2.75, 3.05) is 31.1 Å². The van der Waals surface area contributed by atoms with Crippen LogP contribution in [0.4, 0.5) is 10.1 Å². The Hall–Kier alpha value is -2.74. The first-order valence-electron chi connectivity index (χ1n) is 9.87. The largest absolute Gasteiger partial charge is 0.405 e. The molecule has 0 amide bonds. The fraction of sp³-hybridized carbons (Fsp3) is 0.476. The molecule has 1 fully saturated rings. The van der Waals surface area contributed by atoms with E-state index in [1.165, 1.54) is 12.3 Å². The lowest BCUT2D eigenvalue weighted by Crippen LogP contribution is -2.53. The van der Waals surface area contributed by atoms with Gasteiger partial charge in [0.25, 0.3) is 0 Å². The molecular weight excluding hydrogens is 369 g/mol. The minimum atomic E-state index is -0.491. The molecule has 0 radical (unpaired) electrons. The summed E-state index contributed by atoms with van der Waals surface area (Å²) in [5.74, 6) is -0.460. The van der Waals surface area contributed by atoms with Crippen molar-refractivity contribution in [2.24, 2.45) is 22.5 Å². The normalized spacial score (nSPS) is 18.6. The molecule has 6 N–H and O–H groups in total. The average Bonchev–Trinajstić information content (AvgIpc) is 2.65. The molecular formula is C21H32FN7. The summed E-state index contributed by atoms with van der Waals surface area (Å²) in [5.41, 5.74) is 21.0. The Labute approximate surface area is 172 Å². The van der Waals surface area contributed by atoms with E-state index >= 15 is 0 Å². The van der Waals surface area contributed by atoms with Crippen LogP contribution in [0.5, 0.6) is 0 Å². The molecule has 158 valence electrons. The highest BCUT2D eigenvalue weighted by molar-refractivity contribution is 6.02. The summed E-state index contributed by atoms with van der Waals surface area (Å²) < 4.78 is 14.9. The van der Waals surface area contributed by atoms with Gasteiger partial charge in [0.1, 0.15) is 5.82 Å². The van der Waals surface area contributed by atoms with Gasteiger partial charge in [0.2, 0.25) is 0 Å². The number of amidine groups is 1. The molecule has 1 aliphatic rings. The third-order valence-corrected chi connectivity index (χ3v) is 4.97. The van der Waals surface area contributed by atoms with Gasteiger partial charge in [-0.3, -0.25) is 10.3 Å². The number of nitrogens with zero attached hydrogens (tertiary/aromatic N) is 3. The van der Waals surface area contributed by atoms with Gasteiger partial charge in [-0.15, -0.1) is 5.11 Å². The summed E-state index contributed by atoms with van der Waals surface area (Å²) in [6, 6.07) is 3.51. The molecule has 8 heteroatoms. The Kier molecular flexibility index (Phi) is 7.90. The van der Waals surface area contributed by atoms with Crippen LogP contribution < -0.4 is 16.4 Å². The van der Waals surface area contributed by atoms with Crippen molar-refractivity contribution in [3.63, 3.8) is 0 Å². The lowest BCUT2D eigenvalue weighted by molar-refractivity contribution is 0.245. The van der Waals surface area contributed by atoms with E-state index in [2.05, 4.69) is 35.7 Å². The van der Waals surface area contributed by atoms with Crippen LogP contribution in [-0.4, -0.2) is 43.0 Å². The fourth-order valence-electron chi connectivity index (χ4n) is 3.78. The second-order valence-corrected chi connectivity index (χ2v) is 7.93. The van der Waals surface area contributed by atoms with E-state index in [-0.39, 0.29) is 17.4 Å². The number of halogens is 1. The van der Waals surface area contributed by atoms with E-state index in [0.717, 1.165) is 30.8 Å². The third-order valence-electron chi connectivity index (χ3n) is 4.97. The number of nitrogens with two attached hydrogens (primary N) is 2. The van der Waals surface area contributed by atoms with E-state index in [4.69, 9.17) is 22.4 Å². The zero-order valence-electron chi connectivity index (χ0n) is 17.5. The third kappa shape index (κ3) is 5.87. The fourth-order valence-corrected chi connectivity index (χ4v) is 3.78. The molecule has 1 saturated heterocycles. The Morgan fingerprint density at radius 3 is 2.69 bits per heavy atom. The van der Waals surface area contributed by atoms with Crippen molar-refractivity contribution in [3.8, 4) is 0 Å². The van der Waals surface area contributed by atoms with E-state index in [1.807, 2.05) is 6.07 Å². The number of anilines is 1. The van der Waals surface area contributed by atoms with Crippen LogP contribution in [0.1, 0.15) is 31.9 Å². The molecule has 1 heterocycles. The van der Waals surface area contributed by atoms with Crippen molar-refractivity contribution in [2.45, 2.75) is 33.2 Å². The summed E-state index contributed by atoms with van der Waals surface area (Å²) >= 11 is 0. The molecule has 0 spiro atoms. The van der Waals surface area contributed by atoms with E-state index in [1.54, 1.807) is 12.2 Å². The summed E-state index contributed by atoms with van der Waals surface area (Å²) in [6.45, 7) is 9.06. The topological polar surface area (TPSA) is 119 Å². The molecule has 0 aromatic heterocycles. The summed E-state index contributed by atoms with van der Waals surface area (Å²) in [6.07, 6.45) is 5.69. The van der Waals surface area contributed by atoms with Crippen LogP contribution in [0.3, 0.4) is 0 Å². The van der Waals surface area contributed by atoms with E-state index in [0.29, 0.717) is 24.7 Å². The molecule has 1 unspecified atom stereocenters. The Balaban J connectivity index is 2.30. The van der Waals surface area contributed by atoms with Gasteiger partial charge < -0.3 is 16.4 Å². The van der Waals surface area contributed by atoms with Gasteiger partial charge >= 0.3 is 0 Å². The second-order valence-electron chi connectivity index (χ2n) is 7.93. The van der Waals surface area contributed by atoms with Gasteiger partial charge in [-0.1, -0.05) is 13.8 Å². The maximum absolute atomic E-state index is 14.9. The van der Waals surface area contributed by atoms with Crippen molar-refractivity contribution in [1.29, 1.82) is 10.9 Å². The van der Waals surface area contributed by atoms with Crippen LogP contribution in [-0.2, 0) is 6.42 Å². The van der Waals surface area contributed by atoms with E-state index < -0.39 is 5.82 Å². The smallest absolute Gasteiger partial charge is 0.178 e. The zero-order chi connectivity index (χ0) is 21.6. The van der Waals surface area contributed by atoms with Gasteiger partial charge in [0.15, 0.2) is 5.84 Å². The standard InChI is InChI=1S/C21H32FN7/c1-14(2)9-16-10-18(22)20(21(25)27-26)19(11-16)29-8-7-28(12-15(29)3)13-17(24)5-4-6-23/h4-6,10-11,14-15,25-26H,7-9,12-13,23-24H2,1-3H3/b6-4-,17-5-,25-21?,27-26?. The number of rotatable bonds is 7. The Morgan fingerprint density at radius 1 is 1.38 bits per heavy atom. The highest BCUT2D eigenvalue weighted by Gasteiger charge is 2.28. The summed E-state index contributed by atoms with van der Waals surface area (Å²) in [4.78, 5) is 4.35. The van der Waals surface area contributed by atoms with Gasteiger partial charge in [0.05, 0.1) is 11.3 Å². The Bertz CT molecular complexity index is 800. The maximum Gasteiger partial charge on any atom is 0.178 e. The van der Waals surface area contributed by atoms with Crippen LogP contribution >= 0.6 is 0 Å². The van der Waals surface area contributed by atoms with Crippen molar-refractivity contribution < 1.29 is 4.39 Å². The minimum Gasteiger partial charge on any atom is -0.405 e. The summed E-state index contributed by atoms with van der Waals surface area (Å²) in [7, 11) is 0. The first-order chi connectivity index (χ1) is 13.8. The highest BCUT2D eigenvalue weighted by atomic mass is 19.1. The molecule has 1 aromatic rings. The zero-order valence-corrected chi connectivity index (χ0v) is 17.5. The second kappa shape index (κ2) is 10.2. The molecule has 7 nitrogen and oxygen atoms in total. The van der Waals surface area contributed by atoms with Gasteiger partial charge in [0, 0.05) is 37.9 Å². The van der Waals surface area contributed by atoms with Crippen LogP contribution in [0.15, 0.2) is 41.3 Å². The van der Waals surface area contributed by atoms with Crippen LogP contribution in [0.25, 0.3) is 0 Å². The predicted molar refractivity (Wildman–Crippen MR) is 116 cm³/mol. The molecule has 29 heavy (non-hydrogen) atoms. The van der Waals surface area contributed by atoms with Gasteiger partial charge in [-0.05, 0) is 55.3 Å². The van der Waals surface area contributed by atoms with Gasteiger partial charge in [-0.2, -0.15) is 0 Å².